The van der Waals surface area contributed by atoms with Crippen LogP contribution in [0.1, 0.15) is 25.3 Å². The Labute approximate surface area is 127 Å². The third kappa shape index (κ3) is 5.05. The number of esters is 1. The average Bonchev–Trinajstić information content (AvgIpc) is 2.49. The Kier molecular flexibility index (Phi) is 6.05. The Morgan fingerprint density at radius 1 is 1.14 bits per heavy atom. The first-order valence-electron chi connectivity index (χ1n) is 7.88. The summed E-state index contributed by atoms with van der Waals surface area (Å²) < 4.78 is 4.95. The van der Waals surface area contributed by atoms with Gasteiger partial charge in [-0.2, -0.15) is 0 Å². The van der Waals surface area contributed by atoms with Gasteiger partial charge in [0.1, 0.15) is 0 Å². The zero-order valence-electron chi connectivity index (χ0n) is 13.2. The van der Waals surface area contributed by atoms with Crippen LogP contribution in [0.3, 0.4) is 0 Å². The lowest BCUT2D eigenvalue weighted by molar-refractivity contribution is -0.143. The topological polar surface area (TPSA) is 32.8 Å². The van der Waals surface area contributed by atoms with E-state index in [9.17, 15) is 4.79 Å². The van der Waals surface area contributed by atoms with Crippen LogP contribution in [0.4, 0.5) is 5.69 Å². The van der Waals surface area contributed by atoms with Crippen molar-refractivity contribution in [3.63, 3.8) is 0 Å². The Morgan fingerprint density at radius 2 is 1.81 bits per heavy atom. The average molecular weight is 290 g/mol. The molecule has 1 saturated heterocycles. The van der Waals surface area contributed by atoms with Crippen molar-refractivity contribution in [1.29, 1.82) is 0 Å². The van der Waals surface area contributed by atoms with Crippen LogP contribution >= 0.6 is 0 Å². The monoisotopic (exact) mass is 290 g/mol. The molecule has 1 aromatic carbocycles. The van der Waals surface area contributed by atoms with Crippen molar-refractivity contribution < 1.29 is 9.53 Å². The van der Waals surface area contributed by atoms with E-state index in [1.165, 1.54) is 11.3 Å². The van der Waals surface area contributed by atoms with Gasteiger partial charge in [0.05, 0.1) is 6.61 Å². The van der Waals surface area contributed by atoms with Gasteiger partial charge < -0.3 is 9.64 Å². The number of benzene rings is 1. The predicted molar refractivity (Wildman–Crippen MR) is 85.7 cm³/mol. The third-order valence-electron chi connectivity index (χ3n) is 3.93. The Hall–Kier alpha value is -1.55. The molecule has 0 aliphatic carbocycles. The summed E-state index contributed by atoms with van der Waals surface area (Å²) in [5.41, 5.74) is 2.61. The van der Waals surface area contributed by atoms with E-state index in [0.29, 0.717) is 13.0 Å². The molecule has 4 nitrogen and oxygen atoms in total. The van der Waals surface area contributed by atoms with E-state index in [-0.39, 0.29) is 5.97 Å². The summed E-state index contributed by atoms with van der Waals surface area (Å²) in [5, 5.41) is 0. The zero-order valence-corrected chi connectivity index (χ0v) is 13.2. The van der Waals surface area contributed by atoms with Crippen LogP contribution in [0.5, 0.6) is 0 Å². The molecule has 4 heteroatoms. The van der Waals surface area contributed by atoms with Crippen molar-refractivity contribution in [3.05, 3.63) is 29.8 Å². The Bertz CT molecular complexity index is 437. The first-order valence-corrected chi connectivity index (χ1v) is 7.88. The maximum absolute atomic E-state index is 11.3. The minimum atomic E-state index is -0.0733. The molecule has 1 aromatic rings. The lowest BCUT2D eigenvalue weighted by Crippen LogP contribution is -2.46. The van der Waals surface area contributed by atoms with Crippen molar-refractivity contribution >= 4 is 11.7 Å². The molecular weight excluding hydrogens is 264 g/mol. The van der Waals surface area contributed by atoms with Crippen LogP contribution in [0.25, 0.3) is 0 Å². The number of nitrogens with zero attached hydrogens (tertiary/aromatic N) is 2. The smallest absolute Gasteiger partial charge is 0.305 e. The number of hydrogen-bond donors (Lipinski definition) is 0. The number of piperazine rings is 1. The summed E-state index contributed by atoms with van der Waals surface area (Å²) in [4.78, 5) is 16.2. The van der Waals surface area contributed by atoms with Crippen LogP contribution < -0.4 is 4.90 Å². The van der Waals surface area contributed by atoms with Crippen LogP contribution in [0.2, 0.25) is 0 Å². The molecule has 0 atom stereocenters. The van der Waals surface area contributed by atoms with Crippen LogP contribution in [0.15, 0.2) is 24.3 Å². The number of hydrogen-bond acceptors (Lipinski definition) is 4. The van der Waals surface area contributed by atoms with Crippen LogP contribution in [0, 0.1) is 6.92 Å². The summed E-state index contributed by atoms with van der Waals surface area (Å²) >= 11 is 0. The standard InChI is InChI=1S/C17H26N2O2/c1-3-21-17(20)5-4-10-18-11-13-19(14-12-18)16-8-6-15(2)7-9-16/h6-9H,3-5,10-14H2,1-2H3. The molecule has 0 radical (unpaired) electrons. The summed E-state index contributed by atoms with van der Waals surface area (Å²) in [6.45, 7) is 9.68. The largest absolute Gasteiger partial charge is 0.466 e. The fraction of sp³-hybridized carbons (Fsp3) is 0.588. The van der Waals surface area contributed by atoms with Gasteiger partial charge in [-0.05, 0) is 38.9 Å². The molecule has 2 rings (SSSR count). The molecule has 21 heavy (non-hydrogen) atoms. The molecule has 0 spiro atoms. The van der Waals surface area contributed by atoms with Gasteiger partial charge >= 0.3 is 5.97 Å². The molecule has 1 fully saturated rings. The molecule has 0 amide bonds. The highest BCUT2D eigenvalue weighted by Crippen LogP contribution is 2.17. The second kappa shape index (κ2) is 8.03. The third-order valence-corrected chi connectivity index (χ3v) is 3.93. The number of anilines is 1. The molecule has 0 bridgehead atoms. The normalized spacial score (nSPS) is 16.0. The lowest BCUT2D eigenvalue weighted by atomic mass is 10.2. The van der Waals surface area contributed by atoms with Gasteiger partial charge in [-0.1, -0.05) is 17.7 Å². The van der Waals surface area contributed by atoms with E-state index in [0.717, 1.165) is 39.1 Å². The fourth-order valence-corrected chi connectivity index (χ4v) is 2.67. The van der Waals surface area contributed by atoms with Gasteiger partial charge in [0.2, 0.25) is 0 Å². The van der Waals surface area contributed by atoms with Gasteiger partial charge in [-0.15, -0.1) is 0 Å². The number of ether oxygens (including phenoxy) is 1. The predicted octanol–water partition coefficient (Wildman–Crippen LogP) is 2.46. The van der Waals surface area contributed by atoms with Gasteiger partial charge in [-0.25, -0.2) is 0 Å². The molecular formula is C17H26N2O2. The summed E-state index contributed by atoms with van der Waals surface area (Å²) in [7, 11) is 0. The molecule has 1 heterocycles. The molecule has 0 unspecified atom stereocenters. The second-order valence-electron chi connectivity index (χ2n) is 5.57. The minimum absolute atomic E-state index is 0.0733. The summed E-state index contributed by atoms with van der Waals surface area (Å²) in [6, 6.07) is 8.74. The Morgan fingerprint density at radius 3 is 2.43 bits per heavy atom. The van der Waals surface area contributed by atoms with Gasteiger partial charge in [0, 0.05) is 38.3 Å². The number of rotatable bonds is 6. The molecule has 0 aromatic heterocycles. The molecule has 116 valence electrons. The highest BCUT2D eigenvalue weighted by atomic mass is 16.5. The van der Waals surface area contributed by atoms with Crippen molar-refractivity contribution in [2.75, 3.05) is 44.2 Å². The van der Waals surface area contributed by atoms with Crippen molar-refractivity contribution in [2.24, 2.45) is 0 Å². The number of carbonyl (C=O) groups is 1. The van der Waals surface area contributed by atoms with Crippen molar-refractivity contribution in [3.8, 4) is 0 Å². The van der Waals surface area contributed by atoms with Crippen LogP contribution in [-0.2, 0) is 9.53 Å². The molecule has 0 N–H and O–H groups in total. The van der Waals surface area contributed by atoms with E-state index in [4.69, 9.17) is 4.74 Å². The van der Waals surface area contributed by atoms with Crippen molar-refractivity contribution in [2.45, 2.75) is 26.7 Å². The zero-order chi connectivity index (χ0) is 15.1. The SMILES string of the molecule is CCOC(=O)CCCN1CCN(c2ccc(C)cc2)CC1. The lowest BCUT2D eigenvalue weighted by Gasteiger charge is -2.36. The van der Waals surface area contributed by atoms with E-state index < -0.39 is 0 Å². The van der Waals surface area contributed by atoms with Crippen molar-refractivity contribution in [1.82, 2.24) is 4.90 Å². The molecule has 1 aliphatic heterocycles. The first-order chi connectivity index (χ1) is 10.2. The highest BCUT2D eigenvalue weighted by Gasteiger charge is 2.17. The number of aryl methyl sites for hydroxylation is 1. The maximum atomic E-state index is 11.3. The fourth-order valence-electron chi connectivity index (χ4n) is 2.67. The quantitative estimate of drug-likeness (QED) is 0.754. The van der Waals surface area contributed by atoms with E-state index in [2.05, 4.69) is 41.0 Å². The van der Waals surface area contributed by atoms with Gasteiger partial charge in [0.15, 0.2) is 0 Å². The van der Waals surface area contributed by atoms with Gasteiger partial charge in [-0.3, -0.25) is 9.69 Å². The summed E-state index contributed by atoms with van der Waals surface area (Å²) in [6.07, 6.45) is 1.43. The number of carbonyl (C=O) groups excluding carboxylic acids is 1. The minimum Gasteiger partial charge on any atom is -0.466 e. The second-order valence-corrected chi connectivity index (χ2v) is 5.57. The van der Waals surface area contributed by atoms with Crippen LogP contribution in [-0.4, -0.2) is 50.2 Å². The van der Waals surface area contributed by atoms with E-state index in [1.807, 2.05) is 6.92 Å². The van der Waals surface area contributed by atoms with E-state index >= 15 is 0 Å². The van der Waals surface area contributed by atoms with E-state index in [1.54, 1.807) is 0 Å². The highest BCUT2D eigenvalue weighted by molar-refractivity contribution is 5.69. The Balaban J connectivity index is 1.68. The first kappa shape index (κ1) is 15.8. The van der Waals surface area contributed by atoms with Gasteiger partial charge in [0.25, 0.3) is 0 Å². The molecule has 1 aliphatic rings. The molecule has 0 saturated carbocycles. The maximum Gasteiger partial charge on any atom is 0.305 e. The summed E-state index contributed by atoms with van der Waals surface area (Å²) in [5.74, 6) is -0.0733.